The highest BCUT2D eigenvalue weighted by Crippen LogP contribution is 2.32. The third-order valence-corrected chi connectivity index (χ3v) is 4.51. The number of rotatable bonds is 6. The molecule has 0 saturated carbocycles. The molecule has 124 valence electrons. The van der Waals surface area contributed by atoms with Crippen molar-refractivity contribution in [3.05, 3.63) is 35.9 Å². The molecule has 0 aromatic heterocycles. The highest BCUT2D eigenvalue weighted by molar-refractivity contribution is 5.79. The molecular formula is C20H33NO. The van der Waals surface area contributed by atoms with Gasteiger partial charge in [0.1, 0.15) is 0 Å². The molecule has 3 atom stereocenters. The Morgan fingerprint density at radius 2 is 1.82 bits per heavy atom. The maximum absolute atomic E-state index is 12.3. The maximum Gasteiger partial charge on any atom is 0.223 e. The molecule has 1 aromatic carbocycles. The first-order valence-corrected chi connectivity index (χ1v) is 8.96. The third kappa shape index (κ3) is 5.15. The van der Waals surface area contributed by atoms with E-state index < -0.39 is 0 Å². The van der Waals surface area contributed by atoms with Crippen molar-refractivity contribution in [2.45, 2.75) is 66.3 Å². The molecule has 2 rings (SSSR count). The number of carbonyl (C=O) groups excluding carboxylic acids is 1. The first kappa shape index (κ1) is 18.7. The fourth-order valence-corrected chi connectivity index (χ4v) is 3.43. The molecule has 22 heavy (non-hydrogen) atoms. The third-order valence-electron chi connectivity index (χ3n) is 4.51. The molecule has 1 heterocycles. The van der Waals surface area contributed by atoms with Crippen LogP contribution >= 0.6 is 0 Å². The minimum atomic E-state index is 0.204. The highest BCUT2D eigenvalue weighted by Gasteiger charge is 2.33. The van der Waals surface area contributed by atoms with E-state index in [1.54, 1.807) is 0 Å². The lowest BCUT2D eigenvalue weighted by Crippen LogP contribution is -2.28. The first-order chi connectivity index (χ1) is 10.6. The number of nitrogens with zero attached hydrogens (tertiary/aromatic N) is 1. The van der Waals surface area contributed by atoms with Gasteiger partial charge in [0, 0.05) is 13.0 Å². The molecule has 0 aliphatic carbocycles. The van der Waals surface area contributed by atoms with Gasteiger partial charge < -0.3 is 4.90 Å². The second-order valence-corrected chi connectivity index (χ2v) is 6.33. The Balaban J connectivity index is 0.00000116. The molecule has 1 amide bonds. The van der Waals surface area contributed by atoms with Gasteiger partial charge in [-0.1, -0.05) is 70.9 Å². The van der Waals surface area contributed by atoms with Crippen LogP contribution in [0.15, 0.2) is 30.3 Å². The molecule has 2 heteroatoms. The molecule has 1 aliphatic rings. The summed E-state index contributed by atoms with van der Waals surface area (Å²) in [6.07, 6.45) is 4.45. The Bertz CT molecular complexity index is 429. The number of hydrogen-bond acceptors (Lipinski definition) is 1. The molecule has 0 spiro atoms. The van der Waals surface area contributed by atoms with E-state index in [0.717, 1.165) is 18.9 Å². The van der Waals surface area contributed by atoms with Crippen LogP contribution in [0.2, 0.25) is 0 Å². The lowest BCUT2D eigenvalue weighted by Gasteiger charge is -2.25. The van der Waals surface area contributed by atoms with Gasteiger partial charge in [0.15, 0.2) is 0 Å². The van der Waals surface area contributed by atoms with Crippen LogP contribution in [0.4, 0.5) is 0 Å². The van der Waals surface area contributed by atoms with Crippen molar-refractivity contribution in [2.24, 2.45) is 11.8 Å². The summed E-state index contributed by atoms with van der Waals surface area (Å²) in [6.45, 7) is 11.6. The monoisotopic (exact) mass is 303 g/mol. The van der Waals surface area contributed by atoms with Crippen LogP contribution in [0.5, 0.6) is 0 Å². The Kier molecular flexibility index (Phi) is 8.22. The van der Waals surface area contributed by atoms with Crippen LogP contribution in [0.3, 0.4) is 0 Å². The van der Waals surface area contributed by atoms with Crippen molar-refractivity contribution >= 4 is 5.91 Å². The van der Waals surface area contributed by atoms with Crippen LogP contribution < -0.4 is 0 Å². The fraction of sp³-hybridized carbons (Fsp3) is 0.650. The molecule has 1 saturated heterocycles. The number of benzene rings is 1. The van der Waals surface area contributed by atoms with Gasteiger partial charge in [-0.2, -0.15) is 0 Å². The van der Waals surface area contributed by atoms with E-state index >= 15 is 0 Å². The summed E-state index contributed by atoms with van der Waals surface area (Å²) < 4.78 is 0. The second-order valence-electron chi connectivity index (χ2n) is 6.33. The van der Waals surface area contributed by atoms with Gasteiger partial charge in [-0.05, 0) is 30.7 Å². The van der Waals surface area contributed by atoms with Gasteiger partial charge in [0.2, 0.25) is 5.91 Å². The minimum absolute atomic E-state index is 0.204. The van der Waals surface area contributed by atoms with Crippen LogP contribution in [-0.4, -0.2) is 17.4 Å². The zero-order valence-electron chi connectivity index (χ0n) is 15.0. The van der Waals surface area contributed by atoms with E-state index in [1.807, 2.05) is 32.0 Å². The predicted molar refractivity (Wildman–Crippen MR) is 94.7 cm³/mol. The van der Waals surface area contributed by atoms with Gasteiger partial charge >= 0.3 is 0 Å². The number of hydrogen-bond donors (Lipinski definition) is 0. The number of likely N-dealkylation sites (tertiary alicyclic amines) is 1. The zero-order chi connectivity index (χ0) is 16.5. The quantitative estimate of drug-likeness (QED) is 0.684. The van der Waals surface area contributed by atoms with Crippen LogP contribution in [-0.2, 0) is 4.79 Å². The number of amides is 1. The molecular weight excluding hydrogens is 270 g/mol. The SMILES string of the molecule is CC.CCCC(C)C[C@H]1CC(=O)N([C@H](C)c2ccccc2)C1. The van der Waals surface area contributed by atoms with Crippen molar-refractivity contribution in [2.75, 3.05) is 6.54 Å². The van der Waals surface area contributed by atoms with Gasteiger partial charge in [-0.15, -0.1) is 0 Å². The standard InChI is InChI=1S/C18H27NO.C2H6/c1-4-8-14(2)11-16-12-18(20)19(13-16)15(3)17-9-6-5-7-10-17;1-2/h5-7,9-10,14-16H,4,8,11-13H2,1-3H3;1-2H3/t14?,15-,16+;/m1./s1. The summed E-state index contributed by atoms with van der Waals surface area (Å²) in [4.78, 5) is 14.3. The van der Waals surface area contributed by atoms with Gasteiger partial charge in [-0.25, -0.2) is 0 Å². The van der Waals surface area contributed by atoms with Crippen molar-refractivity contribution in [1.29, 1.82) is 0 Å². The van der Waals surface area contributed by atoms with Crippen molar-refractivity contribution in [1.82, 2.24) is 4.90 Å². The fourth-order valence-electron chi connectivity index (χ4n) is 3.43. The van der Waals surface area contributed by atoms with Gasteiger partial charge in [0.25, 0.3) is 0 Å². The van der Waals surface area contributed by atoms with Gasteiger partial charge in [0.05, 0.1) is 6.04 Å². The van der Waals surface area contributed by atoms with Crippen LogP contribution in [0, 0.1) is 11.8 Å². The molecule has 0 bridgehead atoms. The highest BCUT2D eigenvalue weighted by atomic mass is 16.2. The molecule has 0 N–H and O–H groups in total. The Morgan fingerprint density at radius 1 is 1.18 bits per heavy atom. The van der Waals surface area contributed by atoms with Crippen molar-refractivity contribution < 1.29 is 4.79 Å². The molecule has 1 unspecified atom stereocenters. The predicted octanol–water partition coefficient (Wildman–Crippen LogP) is 5.45. The summed E-state index contributed by atoms with van der Waals surface area (Å²) >= 11 is 0. The largest absolute Gasteiger partial charge is 0.336 e. The average Bonchev–Trinajstić information content (AvgIpc) is 2.90. The number of carbonyl (C=O) groups is 1. The molecule has 2 nitrogen and oxygen atoms in total. The lowest BCUT2D eigenvalue weighted by atomic mass is 9.92. The minimum Gasteiger partial charge on any atom is -0.336 e. The Morgan fingerprint density at radius 3 is 2.41 bits per heavy atom. The van der Waals surface area contributed by atoms with Crippen LogP contribution in [0.1, 0.15) is 71.9 Å². The Hall–Kier alpha value is -1.31. The van der Waals surface area contributed by atoms with E-state index in [2.05, 4.69) is 37.8 Å². The summed E-state index contributed by atoms with van der Waals surface area (Å²) in [5.74, 6) is 1.62. The second kappa shape index (κ2) is 9.66. The molecule has 1 aliphatic heterocycles. The normalized spacial score (nSPS) is 20.3. The summed E-state index contributed by atoms with van der Waals surface area (Å²) in [6, 6.07) is 10.6. The molecule has 0 radical (unpaired) electrons. The van der Waals surface area contributed by atoms with E-state index in [4.69, 9.17) is 0 Å². The first-order valence-electron chi connectivity index (χ1n) is 8.96. The summed E-state index contributed by atoms with van der Waals surface area (Å²) in [5.41, 5.74) is 1.24. The zero-order valence-corrected chi connectivity index (χ0v) is 15.0. The Labute approximate surface area is 136 Å². The molecule has 1 aromatic rings. The lowest BCUT2D eigenvalue weighted by molar-refractivity contribution is -0.129. The maximum atomic E-state index is 12.3. The van der Waals surface area contributed by atoms with E-state index in [9.17, 15) is 4.79 Å². The van der Waals surface area contributed by atoms with E-state index in [0.29, 0.717) is 11.8 Å². The van der Waals surface area contributed by atoms with Crippen molar-refractivity contribution in [3.8, 4) is 0 Å². The topological polar surface area (TPSA) is 20.3 Å². The van der Waals surface area contributed by atoms with E-state index in [-0.39, 0.29) is 6.04 Å². The smallest absolute Gasteiger partial charge is 0.223 e. The van der Waals surface area contributed by atoms with Crippen LogP contribution in [0.25, 0.3) is 0 Å². The molecule has 1 fully saturated rings. The summed E-state index contributed by atoms with van der Waals surface area (Å²) in [5, 5.41) is 0. The van der Waals surface area contributed by atoms with E-state index in [1.165, 1.54) is 24.8 Å². The van der Waals surface area contributed by atoms with Gasteiger partial charge in [-0.3, -0.25) is 4.79 Å². The van der Waals surface area contributed by atoms with Crippen molar-refractivity contribution in [3.63, 3.8) is 0 Å². The summed E-state index contributed by atoms with van der Waals surface area (Å²) in [7, 11) is 0. The average molecular weight is 303 g/mol.